The number of anilines is 1. The maximum atomic E-state index is 14.2. The van der Waals surface area contributed by atoms with Gasteiger partial charge in [0, 0.05) is 23.4 Å². The molecule has 2 rings (SSSR count). The normalized spacial score (nSPS) is 11.3. The molecule has 7 nitrogen and oxygen atoms in total. The Labute approximate surface area is 201 Å². The van der Waals surface area contributed by atoms with Gasteiger partial charge in [0.2, 0.25) is 5.91 Å². The fraction of sp³-hybridized carbons (Fsp3) is 0.391. The predicted molar refractivity (Wildman–Crippen MR) is 127 cm³/mol. The van der Waals surface area contributed by atoms with Crippen LogP contribution in [0.2, 0.25) is 5.02 Å². The summed E-state index contributed by atoms with van der Waals surface area (Å²) in [5, 5.41) is 5.01. The van der Waals surface area contributed by atoms with Crippen molar-refractivity contribution >= 4 is 52.3 Å². The van der Waals surface area contributed by atoms with Crippen LogP contribution in [-0.4, -0.2) is 43.1 Å². The van der Waals surface area contributed by atoms with E-state index in [-0.39, 0.29) is 33.2 Å². The van der Waals surface area contributed by atoms with E-state index in [0.29, 0.717) is 11.8 Å². The van der Waals surface area contributed by atoms with Crippen molar-refractivity contribution in [2.45, 2.75) is 52.7 Å². The Bertz CT molecular complexity index is 1010. The van der Waals surface area contributed by atoms with Gasteiger partial charge in [0.15, 0.2) is 5.78 Å². The summed E-state index contributed by atoms with van der Waals surface area (Å²) in [5.41, 5.74) is 0.600. The van der Waals surface area contributed by atoms with Crippen molar-refractivity contribution in [3.8, 4) is 0 Å². The first-order valence-electron chi connectivity index (χ1n) is 9.88. The number of methoxy groups -OCH3 is 1. The Morgan fingerprint density at radius 1 is 1.29 bits per heavy atom. The number of nitrogens with one attached hydrogen (secondary N) is 2. The third-order valence-electron chi connectivity index (χ3n) is 4.52. The minimum atomic E-state index is -1.13. The molecule has 2 N–H and O–H groups in total. The molecule has 2 amide bonds. The van der Waals surface area contributed by atoms with Gasteiger partial charge >= 0.3 is 0 Å². The summed E-state index contributed by atoms with van der Waals surface area (Å²) in [5.74, 6) is -2.07. The van der Waals surface area contributed by atoms with Gasteiger partial charge in [-0.2, -0.15) is 6.41 Å². The molecule has 0 aliphatic heterocycles. The Kier molecular flexibility index (Phi) is 11.8. The van der Waals surface area contributed by atoms with Gasteiger partial charge in [-0.15, -0.1) is 11.3 Å². The molecule has 0 bridgehead atoms. The maximum absolute atomic E-state index is 14.2. The molecule has 0 spiro atoms. The molecule has 1 aromatic carbocycles. The van der Waals surface area contributed by atoms with Crippen LogP contribution in [0.15, 0.2) is 18.2 Å². The summed E-state index contributed by atoms with van der Waals surface area (Å²) in [6.45, 7) is 9.50. The summed E-state index contributed by atoms with van der Waals surface area (Å²) in [4.78, 5) is 47.1. The second-order valence-electron chi connectivity index (χ2n) is 7.95. The van der Waals surface area contributed by atoms with Crippen molar-refractivity contribution in [3.05, 3.63) is 50.6 Å². The van der Waals surface area contributed by atoms with Crippen LogP contribution in [0.1, 0.15) is 53.6 Å². The van der Waals surface area contributed by atoms with Gasteiger partial charge in [0.25, 0.3) is 0 Å². The quantitative estimate of drug-likeness (QED) is 0.181. The summed E-state index contributed by atoms with van der Waals surface area (Å²) in [7, 11) is 1.71. The first-order valence-corrected chi connectivity index (χ1v) is 11.1. The summed E-state index contributed by atoms with van der Waals surface area (Å²) in [6, 6.07) is 2.58. The Morgan fingerprint density at radius 2 is 1.88 bits per heavy atom. The van der Waals surface area contributed by atoms with Gasteiger partial charge in [-0.05, 0) is 58.4 Å². The van der Waals surface area contributed by atoms with E-state index >= 15 is 0 Å². The fourth-order valence-electron chi connectivity index (χ4n) is 2.39. The van der Waals surface area contributed by atoms with Crippen molar-refractivity contribution in [2.75, 3.05) is 12.4 Å². The van der Waals surface area contributed by atoms with E-state index < -0.39 is 23.5 Å². The van der Waals surface area contributed by atoms with Gasteiger partial charge < -0.3 is 25.0 Å². The monoisotopic (exact) mass is 754 g/mol. The van der Waals surface area contributed by atoms with Crippen LogP contribution in [0.5, 0.6) is 0 Å². The second-order valence-corrected chi connectivity index (χ2v) is 9.61. The van der Waals surface area contributed by atoms with Crippen molar-refractivity contribution in [1.29, 1.82) is 0 Å². The Hall–Kier alpha value is -3.62. The molecular formula is C23H27ClFFmN2O5S-. The number of ether oxygens (including phenoxy) is 1. The number of ketones is 1. The molecule has 192 valence electrons. The van der Waals surface area contributed by atoms with E-state index in [1.54, 1.807) is 21.0 Å². The summed E-state index contributed by atoms with van der Waals surface area (Å²) < 4.78 is 19.1. The van der Waals surface area contributed by atoms with E-state index in [1.807, 2.05) is 20.8 Å². The molecule has 0 aliphatic carbocycles. The third kappa shape index (κ3) is 8.38. The van der Waals surface area contributed by atoms with E-state index in [4.69, 9.17) is 16.3 Å². The molecule has 11 heteroatoms. The number of benzene rings is 1. The molecule has 0 saturated carbocycles. The molecule has 2 aromatic rings. The number of aldehydes is 1. The zero-order valence-electron chi connectivity index (χ0n) is 19.6. The van der Waals surface area contributed by atoms with E-state index in [0.717, 1.165) is 22.3 Å². The standard InChI is InChI=1S/C18H15ClFN2O4S.C5H12O.Fm/c1-9-10(2)27-18(22-17(26)14(5-6-23)21-8-24)15(9)16(25)12-4-3-11(19)7-13(12)20;1-5(2,3)6-4;/h3-4,6-7,14H,5H2,1-2H3,(H,21,24)(H,22,26);1-4H3;/q-1;;. The van der Waals surface area contributed by atoms with Gasteiger partial charge in [-0.3, -0.25) is 9.59 Å². The zero-order valence-corrected chi connectivity index (χ0v) is 23.6. The molecule has 34 heavy (non-hydrogen) atoms. The van der Waals surface area contributed by atoms with Crippen LogP contribution < -0.4 is 10.6 Å². The molecule has 0 saturated heterocycles. The number of rotatable bonds is 8. The van der Waals surface area contributed by atoms with Gasteiger partial charge in [-0.1, -0.05) is 11.6 Å². The molecule has 1 unspecified atom stereocenters. The maximum Gasteiger partial charge on any atom is 0.245 e. The van der Waals surface area contributed by atoms with Crippen molar-refractivity contribution in [2.24, 2.45) is 0 Å². The number of carbonyl (C=O) groups is 3. The van der Waals surface area contributed by atoms with Crippen LogP contribution in [-0.2, 0) is 19.1 Å². The van der Waals surface area contributed by atoms with E-state index in [1.165, 1.54) is 18.5 Å². The predicted octanol–water partition coefficient (Wildman–Crippen LogP) is 4.37. The average molecular weight is 755 g/mol. The van der Waals surface area contributed by atoms with Crippen LogP contribution >= 0.6 is 22.9 Å². The van der Waals surface area contributed by atoms with Crippen LogP contribution in [0.4, 0.5) is 9.39 Å². The molecule has 0 aliphatic rings. The van der Waals surface area contributed by atoms with Crippen molar-refractivity contribution < 1.29 is 28.3 Å². The molecule has 1 atom stereocenters. The van der Waals surface area contributed by atoms with Gasteiger partial charge in [0.05, 0.1) is 22.8 Å². The first-order chi connectivity index (χ1) is 15.4. The van der Waals surface area contributed by atoms with Gasteiger partial charge in [-0.25, -0.2) is 4.39 Å². The van der Waals surface area contributed by atoms with Crippen LogP contribution in [0.3, 0.4) is 0 Å². The third-order valence-corrected chi connectivity index (χ3v) is 5.88. The van der Waals surface area contributed by atoms with Crippen molar-refractivity contribution in [1.82, 2.24) is 5.32 Å². The Morgan fingerprint density at radius 3 is 2.35 bits per heavy atom. The minimum absolute atomic E-state index is 0. The molecule has 0 fully saturated rings. The number of thiophene rings is 1. The van der Waals surface area contributed by atoms with E-state index in [9.17, 15) is 23.6 Å². The second kappa shape index (κ2) is 13.2. The minimum Gasteiger partial charge on any atom is -0.520 e. The van der Waals surface area contributed by atoms with Gasteiger partial charge in [0.1, 0.15) is 17.1 Å². The Balaban J connectivity index is 0.00000138. The van der Waals surface area contributed by atoms with E-state index in [2.05, 4.69) is 10.6 Å². The smallest absolute Gasteiger partial charge is 0.245 e. The topological polar surface area (TPSA) is 102 Å². The average Bonchev–Trinajstić information content (AvgIpc) is 3.00. The number of carbonyl (C=O) groups excluding carboxylic acids is 4. The first kappa shape index (κ1) is 30.4. The molecular weight excluding hydrogens is 728 g/mol. The van der Waals surface area contributed by atoms with Crippen molar-refractivity contribution in [3.63, 3.8) is 0 Å². The summed E-state index contributed by atoms with van der Waals surface area (Å²) >= 11 is 6.86. The molecule has 0 radical (unpaired) electrons. The number of halogens is 2. The fourth-order valence-corrected chi connectivity index (χ4v) is 3.61. The largest absolute Gasteiger partial charge is 0.520 e. The number of hydrogen-bond donors (Lipinski definition) is 2. The number of amides is 2. The number of aryl methyl sites for hydroxylation is 1. The number of hydrogen-bond acceptors (Lipinski definition) is 6. The zero-order chi connectivity index (χ0) is 25.3. The molecule has 1 aromatic heterocycles. The SMILES string of the molecule is COC(C)(C)C.Cc1sc(NC(=O)C(CC=O)N[C-]=O)c(C(=O)c2ccc(Cl)cc2F)c1C.[Fm]. The van der Waals surface area contributed by atoms with Crippen LogP contribution in [0.25, 0.3) is 0 Å². The summed E-state index contributed by atoms with van der Waals surface area (Å²) in [6.07, 6.45) is 1.60. The van der Waals surface area contributed by atoms with Crippen LogP contribution in [0, 0.1) is 19.7 Å². The molecule has 1 heterocycles.